The Labute approximate surface area is 105 Å². The molecule has 0 saturated heterocycles. The summed E-state index contributed by atoms with van der Waals surface area (Å²) in [6.45, 7) is 2.05. The second kappa shape index (κ2) is 3.81. The van der Waals surface area contributed by atoms with Crippen molar-refractivity contribution in [3.05, 3.63) is 57.8 Å². The average Bonchev–Trinajstić information content (AvgIpc) is 3.07. The monoisotopic (exact) mass is 242 g/mol. The molecule has 1 aliphatic rings. The maximum atomic E-state index is 12.6. The molecule has 0 radical (unpaired) electrons. The zero-order valence-corrected chi connectivity index (χ0v) is 10.6. The fourth-order valence-corrected chi connectivity index (χ4v) is 3.23. The van der Waals surface area contributed by atoms with Crippen molar-refractivity contribution in [2.45, 2.75) is 25.2 Å². The number of hydrogen-bond donors (Lipinski definition) is 0. The molecule has 2 aromatic rings. The van der Waals surface area contributed by atoms with Crippen LogP contribution in [0.1, 0.15) is 33.0 Å². The van der Waals surface area contributed by atoms with Gasteiger partial charge in [-0.25, -0.2) is 0 Å². The highest BCUT2D eigenvalue weighted by atomic mass is 32.1. The van der Waals surface area contributed by atoms with E-state index < -0.39 is 0 Å². The Morgan fingerprint density at radius 3 is 2.35 bits per heavy atom. The van der Waals surface area contributed by atoms with Gasteiger partial charge in [-0.2, -0.15) is 0 Å². The van der Waals surface area contributed by atoms with Crippen molar-refractivity contribution in [3.8, 4) is 0 Å². The zero-order valence-electron chi connectivity index (χ0n) is 9.77. The van der Waals surface area contributed by atoms with Crippen LogP contribution in [0.4, 0.5) is 0 Å². The number of benzene rings is 1. The average molecular weight is 242 g/mol. The van der Waals surface area contributed by atoms with Gasteiger partial charge in [0.2, 0.25) is 0 Å². The Morgan fingerprint density at radius 2 is 1.82 bits per heavy atom. The van der Waals surface area contributed by atoms with Crippen LogP contribution < -0.4 is 0 Å². The van der Waals surface area contributed by atoms with Gasteiger partial charge in [0.1, 0.15) is 0 Å². The minimum absolute atomic E-state index is 0.210. The minimum atomic E-state index is -0.210. The number of carbonyl (C=O) groups excluding carboxylic acids is 1. The number of aryl methyl sites for hydroxylation is 1. The van der Waals surface area contributed by atoms with Crippen LogP contribution in [0.15, 0.2) is 42.5 Å². The predicted octanol–water partition coefficient (Wildman–Crippen LogP) is 3.97. The Balaban J connectivity index is 1.97. The highest BCUT2D eigenvalue weighted by molar-refractivity contribution is 7.14. The molecule has 0 unspecified atom stereocenters. The molecule has 0 aliphatic heterocycles. The number of rotatable bonds is 3. The Morgan fingerprint density at radius 1 is 1.12 bits per heavy atom. The van der Waals surface area contributed by atoms with Gasteiger partial charge in [-0.05, 0) is 37.5 Å². The summed E-state index contributed by atoms with van der Waals surface area (Å²) in [6, 6.07) is 14.2. The highest BCUT2D eigenvalue weighted by Crippen LogP contribution is 2.51. The van der Waals surface area contributed by atoms with E-state index in [9.17, 15) is 4.79 Å². The van der Waals surface area contributed by atoms with Crippen LogP contribution in [0, 0.1) is 6.92 Å². The van der Waals surface area contributed by atoms with Crippen LogP contribution in [0.3, 0.4) is 0 Å². The molecule has 1 heterocycles. The Kier molecular flexibility index (Phi) is 2.40. The van der Waals surface area contributed by atoms with Crippen LogP contribution in [-0.2, 0) is 5.41 Å². The first kappa shape index (κ1) is 10.7. The summed E-state index contributed by atoms with van der Waals surface area (Å²) in [6.07, 6.45) is 1.99. The topological polar surface area (TPSA) is 17.1 Å². The second-order valence-corrected chi connectivity index (χ2v) is 5.98. The van der Waals surface area contributed by atoms with Crippen molar-refractivity contribution in [3.63, 3.8) is 0 Å². The van der Waals surface area contributed by atoms with Gasteiger partial charge in [-0.3, -0.25) is 4.79 Å². The lowest BCUT2D eigenvalue weighted by atomic mass is 9.90. The summed E-state index contributed by atoms with van der Waals surface area (Å²) in [7, 11) is 0. The summed E-state index contributed by atoms with van der Waals surface area (Å²) in [4.78, 5) is 14.7. The van der Waals surface area contributed by atoms with Crippen molar-refractivity contribution in [1.82, 2.24) is 0 Å². The van der Waals surface area contributed by atoms with Gasteiger partial charge in [0.25, 0.3) is 0 Å². The molecule has 1 saturated carbocycles. The third-order valence-electron chi connectivity index (χ3n) is 3.48. The molecule has 0 atom stereocenters. The van der Waals surface area contributed by atoms with Crippen LogP contribution >= 0.6 is 11.3 Å². The Hall–Kier alpha value is -1.41. The first-order valence-electron chi connectivity index (χ1n) is 5.89. The lowest BCUT2D eigenvalue weighted by Gasteiger charge is -2.12. The number of hydrogen-bond acceptors (Lipinski definition) is 2. The second-order valence-electron chi connectivity index (χ2n) is 4.69. The van der Waals surface area contributed by atoms with Crippen molar-refractivity contribution in [2.75, 3.05) is 0 Å². The SMILES string of the molecule is Cc1ccc(C(=O)C2(c3ccccc3)CC2)s1. The van der Waals surface area contributed by atoms with E-state index in [4.69, 9.17) is 0 Å². The quantitative estimate of drug-likeness (QED) is 0.744. The molecule has 0 spiro atoms. The number of Topliss-reactive ketones (excluding diaryl/α,β-unsaturated/α-hetero) is 1. The molecule has 1 aromatic heterocycles. The van der Waals surface area contributed by atoms with E-state index in [1.165, 1.54) is 10.4 Å². The standard InChI is InChI=1S/C15H14OS/c1-11-7-8-13(17-11)14(16)15(9-10-15)12-5-3-2-4-6-12/h2-8H,9-10H2,1H3. The van der Waals surface area contributed by atoms with Crippen LogP contribution in [-0.4, -0.2) is 5.78 Å². The van der Waals surface area contributed by atoms with Gasteiger partial charge < -0.3 is 0 Å². The molecule has 0 amide bonds. The molecular formula is C15H14OS. The van der Waals surface area contributed by atoms with Crippen molar-refractivity contribution < 1.29 is 4.79 Å². The van der Waals surface area contributed by atoms with Crippen molar-refractivity contribution in [2.24, 2.45) is 0 Å². The van der Waals surface area contributed by atoms with E-state index in [0.717, 1.165) is 17.7 Å². The third kappa shape index (κ3) is 1.73. The van der Waals surface area contributed by atoms with E-state index >= 15 is 0 Å². The van der Waals surface area contributed by atoms with Gasteiger partial charge in [0, 0.05) is 4.88 Å². The van der Waals surface area contributed by atoms with Gasteiger partial charge >= 0.3 is 0 Å². The molecule has 1 aromatic carbocycles. The summed E-state index contributed by atoms with van der Waals surface area (Å²) in [5.74, 6) is 0.307. The summed E-state index contributed by atoms with van der Waals surface area (Å²) in [5, 5.41) is 0. The van der Waals surface area contributed by atoms with E-state index in [2.05, 4.69) is 12.1 Å². The molecule has 1 nitrogen and oxygen atoms in total. The van der Waals surface area contributed by atoms with E-state index in [-0.39, 0.29) is 5.41 Å². The van der Waals surface area contributed by atoms with E-state index in [1.54, 1.807) is 11.3 Å². The van der Waals surface area contributed by atoms with Crippen molar-refractivity contribution >= 4 is 17.1 Å². The molecule has 86 valence electrons. The normalized spacial score (nSPS) is 16.8. The minimum Gasteiger partial charge on any atom is -0.292 e. The molecular weight excluding hydrogens is 228 g/mol. The fraction of sp³-hybridized carbons (Fsp3) is 0.267. The lowest BCUT2D eigenvalue weighted by Crippen LogP contribution is -2.19. The predicted molar refractivity (Wildman–Crippen MR) is 70.7 cm³/mol. The molecule has 17 heavy (non-hydrogen) atoms. The lowest BCUT2D eigenvalue weighted by molar-refractivity contribution is 0.0950. The van der Waals surface area contributed by atoms with Gasteiger partial charge in [-0.15, -0.1) is 11.3 Å². The molecule has 0 N–H and O–H groups in total. The number of ketones is 1. The fourth-order valence-electron chi connectivity index (χ4n) is 2.32. The van der Waals surface area contributed by atoms with Gasteiger partial charge in [0.05, 0.1) is 10.3 Å². The third-order valence-corrected chi connectivity index (χ3v) is 4.47. The van der Waals surface area contributed by atoms with Crippen LogP contribution in [0.2, 0.25) is 0 Å². The van der Waals surface area contributed by atoms with Crippen LogP contribution in [0.25, 0.3) is 0 Å². The zero-order chi connectivity index (χ0) is 11.9. The maximum Gasteiger partial charge on any atom is 0.183 e. The molecule has 1 aliphatic carbocycles. The molecule has 2 heteroatoms. The first-order chi connectivity index (χ1) is 8.22. The number of carbonyl (C=O) groups is 1. The highest BCUT2D eigenvalue weighted by Gasteiger charge is 2.51. The molecule has 1 fully saturated rings. The van der Waals surface area contributed by atoms with Crippen molar-refractivity contribution in [1.29, 1.82) is 0 Å². The van der Waals surface area contributed by atoms with E-state index in [0.29, 0.717) is 5.78 Å². The Bertz CT molecular complexity index is 549. The summed E-state index contributed by atoms with van der Waals surface area (Å²) < 4.78 is 0. The smallest absolute Gasteiger partial charge is 0.183 e. The molecule has 0 bridgehead atoms. The maximum absolute atomic E-state index is 12.6. The largest absolute Gasteiger partial charge is 0.292 e. The van der Waals surface area contributed by atoms with Crippen LogP contribution in [0.5, 0.6) is 0 Å². The summed E-state index contributed by atoms with van der Waals surface area (Å²) in [5.41, 5.74) is 0.967. The number of thiophene rings is 1. The summed E-state index contributed by atoms with van der Waals surface area (Å²) >= 11 is 1.61. The molecule has 3 rings (SSSR count). The van der Waals surface area contributed by atoms with E-state index in [1.807, 2.05) is 37.3 Å². The van der Waals surface area contributed by atoms with Gasteiger partial charge in [0.15, 0.2) is 5.78 Å². The first-order valence-corrected chi connectivity index (χ1v) is 6.71. The van der Waals surface area contributed by atoms with Gasteiger partial charge in [-0.1, -0.05) is 30.3 Å².